The fourth-order valence-electron chi connectivity index (χ4n) is 4.38. The van der Waals surface area contributed by atoms with Gasteiger partial charge >= 0.3 is 0 Å². The first-order valence-corrected chi connectivity index (χ1v) is 11.3. The van der Waals surface area contributed by atoms with Gasteiger partial charge in [0.2, 0.25) is 5.91 Å². The van der Waals surface area contributed by atoms with Crippen LogP contribution < -0.4 is 5.32 Å². The quantitative estimate of drug-likeness (QED) is 0.338. The van der Waals surface area contributed by atoms with Crippen LogP contribution in [0.1, 0.15) is 42.4 Å². The van der Waals surface area contributed by atoms with Crippen LogP contribution in [0.2, 0.25) is 0 Å². The Hall–Kier alpha value is -2.35. The second-order valence-corrected chi connectivity index (χ2v) is 8.34. The molecule has 0 radical (unpaired) electrons. The lowest BCUT2D eigenvalue weighted by atomic mass is 10.0. The Morgan fingerprint density at radius 3 is 2.44 bits per heavy atom. The third kappa shape index (κ3) is 6.58. The number of nitrogens with one attached hydrogen (secondary N) is 1. The van der Waals surface area contributed by atoms with Crippen LogP contribution in [0.15, 0.2) is 65.2 Å². The van der Waals surface area contributed by atoms with Crippen molar-refractivity contribution in [3.63, 3.8) is 0 Å². The van der Waals surface area contributed by atoms with Crippen molar-refractivity contribution in [2.24, 2.45) is 4.99 Å². The molecule has 32 heavy (non-hydrogen) atoms. The van der Waals surface area contributed by atoms with E-state index in [1.807, 2.05) is 11.9 Å². The normalized spacial score (nSPS) is 16.7. The highest BCUT2D eigenvalue weighted by Crippen LogP contribution is 2.20. The van der Waals surface area contributed by atoms with Crippen LogP contribution >= 0.6 is 24.0 Å². The van der Waals surface area contributed by atoms with Crippen LogP contribution in [-0.4, -0.2) is 48.3 Å². The van der Waals surface area contributed by atoms with E-state index in [1.54, 1.807) is 0 Å². The molecule has 0 spiro atoms. The molecule has 0 aliphatic carbocycles. The van der Waals surface area contributed by atoms with E-state index in [2.05, 4.69) is 75.9 Å². The van der Waals surface area contributed by atoms with Gasteiger partial charge in [0.25, 0.3) is 0 Å². The molecule has 2 aliphatic rings. The summed E-state index contributed by atoms with van der Waals surface area (Å²) in [4.78, 5) is 20.7. The number of carbonyl (C=O) groups is 1. The van der Waals surface area contributed by atoms with Gasteiger partial charge in [0.05, 0.1) is 0 Å². The highest BCUT2D eigenvalue weighted by atomic mass is 127. The zero-order valence-corrected chi connectivity index (χ0v) is 21.1. The predicted octanol–water partition coefficient (Wildman–Crippen LogP) is 4.68. The molecule has 2 aliphatic heterocycles. The number of aliphatic imine (C=N–C) groups is 1. The Balaban J connectivity index is 0.00000289. The molecule has 0 saturated carbocycles. The van der Waals surface area contributed by atoms with E-state index < -0.39 is 0 Å². The smallest absolute Gasteiger partial charge is 0.222 e. The van der Waals surface area contributed by atoms with E-state index >= 15 is 0 Å². The summed E-state index contributed by atoms with van der Waals surface area (Å²) >= 11 is 0. The molecule has 5 nitrogen and oxygen atoms in total. The number of hydrogen-bond donors (Lipinski definition) is 1. The van der Waals surface area contributed by atoms with Crippen LogP contribution in [0.4, 0.5) is 0 Å². The summed E-state index contributed by atoms with van der Waals surface area (Å²) in [5.41, 5.74) is 5.19. The van der Waals surface area contributed by atoms with Crippen molar-refractivity contribution in [3.05, 3.63) is 76.9 Å². The zero-order valence-electron chi connectivity index (χ0n) is 18.8. The molecule has 2 heterocycles. The summed E-state index contributed by atoms with van der Waals surface area (Å²) in [7, 11) is 1.85. The first-order chi connectivity index (χ1) is 15.2. The minimum absolute atomic E-state index is 0. The van der Waals surface area contributed by atoms with Gasteiger partial charge < -0.3 is 15.1 Å². The van der Waals surface area contributed by atoms with Crippen molar-refractivity contribution in [1.82, 2.24) is 15.1 Å². The van der Waals surface area contributed by atoms with Gasteiger partial charge in [-0.05, 0) is 36.0 Å². The minimum atomic E-state index is 0. The Morgan fingerprint density at radius 2 is 1.75 bits per heavy atom. The Labute approximate surface area is 208 Å². The molecule has 2 aromatic rings. The summed E-state index contributed by atoms with van der Waals surface area (Å²) in [5.74, 6) is 1.23. The molecule has 2 saturated heterocycles. The monoisotopic (exact) mass is 544 g/mol. The maximum absolute atomic E-state index is 11.9. The number of amides is 1. The Kier molecular flexibility index (Phi) is 9.14. The number of piperidine rings is 1. The summed E-state index contributed by atoms with van der Waals surface area (Å²) in [6, 6.07) is 19.1. The van der Waals surface area contributed by atoms with E-state index in [1.165, 1.54) is 22.3 Å². The molecule has 0 atom stereocenters. The fraction of sp³-hybridized carbons (Fsp3) is 0.385. The molecule has 2 aromatic carbocycles. The van der Waals surface area contributed by atoms with Crippen LogP contribution in [-0.2, 0) is 17.9 Å². The number of guanidine groups is 1. The van der Waals surface area contributed by atoms with Gasteiger partial charge in [-0.3, -0.25) is 9.79 Å². The molecule has 0 unspecified atom stereocenters. The van der Waals surface area contributed by atoms with E-state index in [4.69, 9.17) is 0 Å². The van der Waals surface area contributed by atoms with Crippen molar-refractivity contribution in [2.75, 3.05) is 26.7 Å². The number of nitrogens with zero attached hydrogens (tertiary/aromatic N) is 3. The largest absolute Gasteiger partial charge is 0.352 e. The number of carbonyl (C=O) groups excluding carboxylic acids is 1. The second-order valence-electron chi connectivity index (χ2n) is 8.34. The van der Waals surface area contributed by atoms with Crippen molar-refractivity contribution in [2.45, 2.75) is 38.8 Å². The van der Waals surface area contributed by atoms with Gasteiger partial charge in [-0.1, -0.05) is 66.2 Å². The molecular weight excluding hydrogens is 511 g/mol. The van der Waals surface area contributed by atoms with Crippen LogP contribution in [0, 0.1) is 0 Å². The van der Waals surface area contributed by atoms with E-state index in [0.717, 1.165) is 51.4 Å². The average Bonchev–Trinajstić information content (AvgIpc) is 3.20. The lowest BCUT2D eigenvalue weighted by Gasteiger charge is -2.31. The number of likely N-dealkylation sites (tertiary alicyclic amines) is 2. The lowest BCUT2D eigenvalue weighted by Crippen LogP contribution is -2.44. The summed E-state index contributed by atoms with van der Waals surface area (Å²) in [6.07, 6.45) is 6.12. The average molecular weight is 544 g/mol. The fourth-order valence-corrected chi connectivity index (χ4v) is 4.38. The van der Waals surface area contributed by atoms with E-state index in [-0.39, 0.29) is 29.9 Å². The van der Waals surface area contributed by atoms with Gasteiger partial charge in [-0.15, -0.1) is 24.0 Å². The molecular formula is C26H33IN4O. The van der Waals surface area contributed by atoms with Crippen LogP contribution in [0.3, 0.4) is 0 Å². The van der Waals surface area contributed by atoms with Crippen LogP contribution in [0.5, 0.6) is 0 Å². The molecule has 0 bridgehead atoms. The number of benzene rings is 2. The van der Waals surface area contributed by atoms with E-state index in [9.17, 15) is 4.79 Å². The molecule has 4 rings (SSSR count). The van der Waals surface area contributed by atoms with Crippen molar-refractivity contribution < 1.29 is 4.79 Å². The number of hydrogen-bond acceptors (Lipinski definition) is 2. The predicted molar refractivity (Wildman–Crippen MR) is 142 cm³/mol. The first kappa shape index (κ1) is 24.3. The van der Waals surface area contributed by atoms with Crippen molar-refractivity contribution >= 4 is 41.9 Å². The number of halogens is 1. The highest BCUT2D eigenvalue weighted by Gasteiger charge is 2.20. The second kappa shape index (κ2) is 12.0. The molecule has 0 aromatic heterocycles. The third-order valence-corrected chi connectivity index (χ3v) is 6.07. The summed E-state index contributed by atoms with van der Waals surface area (Å²) in [6.45, 7) is 4.29. The summed E-state index contributed by atoms with van der Waals surface area (Å²) < 4.78 is 0. The van der Waals surface area contributed by atoms with Crippen LogP contribution in [0.25, 0.3) is 6.08 Å². The first-order valence-electron chi connectivity index (χ1n) is 11.3. The minimum Gasteiger partial charge on any atom is -0.352 e. The zero-order chi connectivity index (χ0) is 21.5. The topological polar surface area (TPSA) is 47.9 Å². The summed E-state index contributed by atoms with van der Waals surface area (Å²) in [5, 5.41) is 3.53. The standard InChI is InChI=1S/C26H32N4O.HI/c1-27-26(29-15-12-22(13-16-29)17-21-7-3-2-4-8-21)28-19-23-9-5-10-24(18-23)20-30-14-6-11-25(30)31;/h2-5,7-10,17-18H,6,11-16,19-20H2,1H3,(H,27,28);1H. The Bertz CT molecular complexity index is 947. The van der Waals surface area contributed by atoms with Gasteiger partial charge in [-0.25, -0.2) is 0 Å². The van der Waals surface area contributed by atoms with Gasteiger partial charge in [-0.2, -0.15) is 0 Å². The maximum atomic E-state index is 11.9. The Morgan fingerprint density at radius 1 is 1.00 bits per heavy atom. The van der Waals surface area contributed by atoms with Gasteiger partial charge in [0, 0.05) is 46.2 Å². The van der Waals surface area contributed by atoms with E-state index in [0.29, 0.717) is 13.0 Å². The molecule has 1 amide bonds. The SMILES string of the molecule is CN=C(NCc1cccc(CN2CCCC2=O)c1)N1CCC(=Cc2ccccc2)CC1.I. The van der Waals surface area contributed by atoms with Crippen molar-refractivity contribution in [1.29, 1.82) is 0 Å². The van der Waals surface area contributed by atoms with Gasteiger partial charge in [0.1, 0.15) is 0 Å². The molecule has 170 valence electrons. The molecule has 2 fully saturated rings. The lowest BCUT2D eigenvalue weighted by molar-refractivity contribution is -0.128. The highest BCUT2D eigenvalue weighted by molar-refractivity contribution is 14.0. The molecule has 1 N–H and O–H groups in total. The van der Waals surface area contributed by atoms with Gasteiger partial charge in [0.15, 0.2) is 5.96 Å². The maximum Gasteiger partial charge on any atom is 0.222 e. The third-order valence-electron chi connectivity index (χ3n) is 6.07. The number of rotatable bonds is 5. The van der Waals surface area contributed by atoms with Crippen molar-refractivity contribution in [3.8, 4) is 0 Å². The molecule has 6 heteroatoms.